The van der Waals surface area contributed by atoms with Gasteiger partial charge in [-0.3, -0.25) is 9.52 Å². The molecule has 0 aliphatic rings. The minimum atomic E-state index is -3.94. The second kappa shape index (κ2) is 11.2. The second-order valence-electron chi connectivity index (χ2n) is 8.30. The van der Waals surface area contributed by atoms with E-state index >= 15 is 0 Å². The van der Waals surface area contributed by atoms with Crippen molar-refractivity contribution in [1.82, 2.24) is 10.2 Å². The summed E-state index contributed by atoms with van der Waals surface area (Å²) < 4.78 is 34.0. The molecule has 0 saturated heterocycles. The van der Waals surface area contributed by atoms with Crippen LogP contribution >= 0.6 is 0 Å². The third kappa shape index (κ3) is 6.36. The molecule has 0 bridgehead atoms. The van der Waals surface area contributed by atoms with Crippen LogP contribution in [0.1, 0.15) is 21.5 Å². The topological polar surface area (TPSA) is 87.7 Å². The fourth-order valence-corrected chi connectivity index (χ4v) is 4.94. The van der Waals surface area contributed by atoms with E-state index in [1.54, 1.807) is 43.3 Å². The van der Waals surface area contributed by atoms with Crippen LogP contribution in [0, 0.1) is 6.92 Å². The Morgan fingerprint density at radius 1 is 1.00 bits per heavy atom. The SMILES string of the molecule is COc1ccccc1NS(=O)(=O)c1cc(C(=O)NCC(Cc2ccccc2)N(C)C)ccc1C. The van der Waals surface area contributed by atoms with Crippen LogP contribution < -0.4 is 14.8 Å². The average Bonchev–Trinajstić information content (AvgIpc) is 2.82. The van der Waals surface area contributed by atoms with Crippen LogP contribution in [0.4, 0.5) is 5.69 Å². The Balaban J connectivity index is 1.76. The molecule has 0 aliphatic heterocycles. The monoisotopic (exact) mass is 481 g/mol. The number of aryl methyl sites for hydroxylation is 1. The minimum Gasteiger partial charge on any atom is -0.495 e. The standard InChI is InChI=1S/C26H31N3O4S/c1-19-14-15-21(17-25(19)34(31,32)28-23-12-8-9-13-24(23)33-4)26(30)27-18-22(29(2)3)16-20-10-6-5-7-11-20/h5-15,17,22,28H,16,18H2,1-4H3,(H,27,30). The van der Waals surface area contributed by atoms with Gasteiger partial charge in [0.15, 0.2) is 0 Å². The summed E-state index contributed by atoms with van der Waals surface area (Å²) in [7, 11) is 1.48. The highest BCUT2D eigenvalue weighted by molar-refractivity contribution is 7.92. The summed E-state index contributed by atoms with van der Waals surface area (Å²) in [5, 5.41) is 2.95. The lowest BCUT2D eigenvalue weighted by Crippen LogP contribution is -2.41. The maximum Gasteiger partial charge on any atom is 0.262 e. The summed E-state index contributed by atoms with van der Waals surface area (Å²) in [5.74, 6) is 0.0828. The number of amides is 1. The van der Waals surface area contributed by atoms with Gasteiger partial charge in [-0.15, -0.1) is 0 Å². The summed E-state index contributed by atoms with van der Waals surface area (Å²) in [4.78, 5) is 15.0. The second-order valence-corrected chi connectivity index (χ2v) is 9.95. The molecule has 1 amide bonds. The fourth-order valence-electron chi connectivity index (χ4n) is 3.60. The molecule has 2 N–H and O–H groups in total. The fraction of sp³-hybridized carbons (Fsp3) is 0.269. The highest BCUT2D eigenvalue weighted by Gasteiger charge is 2.21. The number of methoxy groups -OCH3 is 1. The molecule has 180 valence electrons. The Morgan fingerprint density at radius 3 is 2.35 bits per heavy atom. The Labute approximate surface area is 201 Å². The quantitative estimate of drug-likeness (QED) is 0.461. The number of ether oxygens (including phenoxy) is 1. The van der Waals surface area contributed by atoms with Crippen molar-refractivity contribution in [2.45, 2.75) is 24.3 Å². The number of sulfonamides is 1. The molecule has 0 aromatic heterocycles. The van der Waals surface area contributed by atoms with Crippen molar-refractivity contribution in [2.24, 2.45) is 0 Å². The Hall–Kier alpha value is -3.36. The van der Waals surface area contributed by atoms with Crippen LogP contribution in [0.5, 0.6) is 5.75 Å². The molecule has 1 atom stereocenters. The van der Waals surface area contributed by atoms with Gasteiger partial charge in [-0.1, -0.05) is 48.5 Å². The maximum absolute atomic E-state index is 13.1. The van der Waals surface area contributed by atoms with Crippen LogP contribution in [0.3, 0.4) is 0 Å². The first-order valence-electron chi connectivity index (χ1n) is 11.0. The number of likely N-dealkylation sites (N-methyl/N-ethyl adjacent to an activating group) is 1. The average molecular weight is 482 g/mol. The molecule has 0 aliphatic carbocycles. The molecule has 3 aromatic rings. The summed E-state index contributed by atoms with van der Waals surface area (Å²) in [6, 6.07) is 21.6. The number of hydrogen-bond donors (Lipinski definition) is 2. The molecular formula is C26H31N3O4S. The molecule has 0 fully saturated rings. The number of hydrogen-bond acceptors (Lipinski definition) is 5. The zero-order valence-corrected chi connectivity index (χ0v) is 20.7. The lowest BCUT2D eigenvalue weighted by molar-refractivity contribution is 0.0941. The van der Waals surface area contributed by atoms with Gasteiger partial charge in [0.1, 0.15) is 5.75 Å². The number of benzene rings is 3. The van der Waals surface area contributed by atoms with E-state index in [2.05, 4.69) is 27.1 Å². The third-order valence-electron chi connectivity index (χ3n) is 5.63. The van der Waals surface area contributed by atoms with E-state index < -0.39 is 10.0 Å². The Morgan fingerprint density at radius 2 is 1.68 bits per heavy atom. The Kier molecular flexibility index (Phi) is 8.31. The van der Waals surface area contributed by atoms with Crippen molar-refractivity contribution in [3.05, 3.63) is 89.5 Å². The van der Waals surface area contributed by atoms with E-state index in [9.17, 15) is 13.2 Å². The largest absolute Gasteiger partial charge is 0.495 e. The van der Waals surface area contributed by atoms with Crippen molar-refractivity contribution < 1.29 is 17.9 Å². The van der Waals surface area contributed by atoms with Crippen molar-refractivity contribution in [1.29, 1.82) is 0 Å². The Bertz CT molecular complexity index is 1230. The maximum atomic E-state index is 13.1. The van der Waals surface area contributed by atoms with Gasteiger partial charge in [-0.05, 0) is 62.8 Å². The zero-order valence-electron chi connectivity index (χ0n) is 19.9. The zero-order chi connectivity index (χ0) is 24.7. The number of para-hydroxylation sites is 2. The molecule has 8 heteroatoms. The molecule has 1 unspecified atom stereocenters. The van der Waals surface area contributed by atoms with Crippen LogP contribution in [0.2, 0.25) is 0 Å². The van der Waals surface area contributed by atoms with Gasteiger partial charge in [0.05, 0.1) is 17.7 Å². The predicted molar refractivity (Wildman–Crippen MR) is 135 cm³/mol. The number of nitrogens with zero attached hydrogens (tertiary/aromatic N) is 1. The molecule has 3 rings (SSSR count). The number of carbonyl (C=O) groups excluding carboxylic acids is 1. The van der Waals surface area contributed by atoms with E-state index in [0.717, 1.165) is 6.42 Å². The number of carbonyl (C=O) groups is 1. The molecule has 0 radical (unpaired) electrons. The first-order chi connectivity index (χ1) is 16.2. The first-order valence-corrected chi connectivity index (χ1v) is 12.4. The lowest BCUT2D eigenvalue weighted by atomic mass is 10.0. The van der Waals surface area contributed by atoms with Gasteiger partial charge >= 0.3 is 0 Å². The molecule has 0 saturated carbocycles. The van der Waals surface area contributed by atoms with E-state index in [0.29, 0.717) is 23.5 Å². The van der Waals surface area contributed by atoms with E-state index in [1.807, 2.05) is 32.3 Å². The summed E-state index contributed by atoms with van der Waals surface area (Å²) in [5.41, 5.74) is 2.33. The molecule has 0 heterocycles. The minimum absolute atomic E-state index is 0.0412. The first kappa shape index (κ1) is 25.3. The van der Waals surface area contributed by atoms with Gasteiger partial charge in [-0.25, -0.2) is 8.42 Å². The third-order valence-corrected chi connectivity index (χ3v) is 7.14. The molecule has 7 nitrogen and oxygen atoms in total. The van der Waals surface area contributed by atoms with Crippen LogP contribution in [0.25, 0.3) is 0 Å². The number of anilines is 1. The van der Waals surface area contributed by atoms with Gasteiger partial charge < -0.3 is 15.0 Å². The van der Waals surface area contributed by atoms with Crippen molar-refractivity contribution >= 4 is 21.6 Å². The lowest BCUT2D eigenvalue weighted by Gasteiger charge is -2.25. The highest BCUT2D eigenvalue weighted by atomic mass is 32.2. The number of rotatable bonds is 10. The van der Waals surface area contributed by atoms with Crippen LogP contribution in [-0.4, -0.2) is 53.0 Å². The van der Waals surface area contributed by atoms with E-state index in [4.69, 9.17) is 4.74 Å². The van der Waals surface area contributed by atoms with Crippen LogP contribution in [0.15, 0.2) is 77.7 Å². The molecular weight excluding hydrogens is 450 g/mol. The number of nitrogens with one attached hydrogen (secondary N) is 2. The molecule has 0 spiro atoms. The van der Waals surface area contributed by atoms with Crippen molar-refractivity contribution in [2.75, 3.05) is 32.5 Å². The predicted octanol–water partition coefficient (Wildman–Crippen LogP) is 3.71. The summed E-state index contributed by atoms with van der Waals surface area (Å²) in [6.45, 7) is 2.12. The summed E-state index contributed by atoms with van der Waals surface area (Å²) in [6.07, 6.45) is 0.782. The van der Waals surface area contributed by atoms with Gasteiger partial charge in [-0.2, -0.15) is 0 Å². The summed E-state index contributed by atoms with van der Waals surface area (Å²) >= 11 is 0. The molecule has 3 aromatic carbocycles. The normalized spacial score (nSPS) is 12.3. The highest BCUT2D eigenvalue weighted by Crippen LogP contribution is 2.27. The smallest absolute Gasteiger partial charge is 0.262 e. The van der Waals surface area contributed by atoms with E-state index in [-0.39, 0.29) is 22.4 Å². The van der Waals surface area contributed by atoms with Gasteiger partial charge in [0, 0.05) is 18.2 Å². The van der Waals surface area contributed by atoms with Gasteiger partial charge in [0.25, 0.3) is 15.9 Å². The van der Waals surface area contributed by atoms with Crippen molar-refractivity contribution in [3.63, 3.8) is 0 Å². The molecule has 34 heavy (non-hydrogen) atoms. The van der Waals surface area contributed by atoms with Crippen molar-refractivity contribution in [3.8, 4) is 5.75 Å². The van der Waals surface area contributed by atoms with Gasteiger partial charge in [0.2, 0.25) is 0 Å². The van der Waals surface area contributed by atoms with E-state index in [1.165, 1.54) is 18.7 Å². The van der Waals surface area contributed by atoms with Crippen LogP contribution in [-0.2, 0) is 16.4 Å².